The van der Waals surface area contributed by atoms with Crippen LogP contribution in [0.25, 0.3) is 11.1 Å². The summed E-state index contributed by atoms with van der Waals surface area (Å²) in [6.07, 6.45) is 2.10. The molecule has 4 amide bonds. The third-order valence-corrected chi connectivity index (χ3v) is 10.6. The quantitative estimate of drug-likeness (QED) is 0.412. The topological polar surface area (TPSA) is 135 Å². The van der Waals surface area contributed by atoms with Crippen molar-refractivity contribution in [1.82, 2.24) is 29.5 Å². The van der Waals surface area contributed by atoms with Crippen LogP contribution >= 0.6 is 0 Å². The summed E-state index contributed by atoms with van der Waals surface area (Å²) in [5.74, 6) is -0.750. The van der Waals surface area contributed by atoms with Crippen molar-refractivity contribution in [1.29, 1.82) is 0 Å². The minimum atomic E-state index is -1.03. The van der Waals surface area contributed by atoms with E-state index in [2.05, 4.69) is 27.1 Å². The highest BCUT2D eigenvalue weighted by Gasteiger charge is 2.37. The molecule has 2 N–H and O–H groups in total. The summed E-state index contributed by atoms with van der Waals surface area (Å²) < 4.78 is 11.4. The van der Waals surface area contributed by atoms with E-state index in [-0.39, 0.29) is 24.4 Å². The molecule has 2 aromatic carbocycles. The molecule has 7 rings (SSSR count). The second-order valence-electron chi connectivity index (χ2n) is 13.7. The molecule has 13 heteroatoms. The number of urea groups is 1. The molecule has 48 heavy (non-hydrogen) atoms. The van der Waals surface area contributed by atoms with Crippen LogP contribution in [0.1, 0.15) is 42.4 Å². The fourth-order valence-corrected chi connectivity index (χ4v) is 7.75. The number of nitrogens with zero attached hydrogens (tertiary/aromatic N) is 5. The number of hydrogen-bond donors (Lipinski definition) is 2. The van der Waals surface area contributed by atoms with Crippen molar-refractivity contribution in [2.45, 2.75) is 63.8 Å². The summed E-state index contributed by atoms with van der Waals surface area (Å²) in [4.78, 5) is 65.3. The van der Waals surface area contributed by atoms with Crippen LogP contribution in [0.2, 0.25) is 0 Å². The van der Waals surface area contributed by atoms with Crippen LogP contribution in [0.3, 0.4) is 0 Å². The van der Waals surface area contributed by atoms with Gasteiger partial charge in [0.1, 0.15) is 0 Å². The maximum Gasteiger partial charge on any atom is 0.417 e. The summed E-state index contributed by atoms with van der Waals surface area (Å²) >= 11 is 0. The first kappa shape index (κ1) is 32.2. The average molecular weight is 660 g/mol. The Labute approximate surface area is 279 Å². The fourth-order valence-electron chi connectivity index (χ4n) is 7.75. The third-order valence-electron chi connectivity index (χ3n) is 10.6. The first-order valence-corrected chi connectivity index (χ1v) is 17.2. The lowest BCUT2D eigenvalue weighted by Gasteiger charge is -2.43. The lowest BCUT2D eigenvalue weighted by molar-refractivity contribution is -0.143. The molecule has 0 radical (unpaired) electrons. The normalized spacial score (nSPS) is 20.9. The maximum absolute atomic E-state index is 14.1. The Morgan fingerprint density at radius 1 is 0.917 bits per heavy atom. The zero-order chi connectivity index (χ0) is 33.4. The second-order valence-corrected chi connectivity index (χ2v) is 13.7. The summed E-state index contributed by atoms with van der Waals surface area (Å²) in [7, 11) is 2.16. The second kappa shape index (κ2) is 13.6. The van der Waals surface area contributed by atoms with E-state index in [1.165, 1.54) is 0 Å². The number of amides is 4. The number of ether oxygens (including phenoxy) is 1. The number of carbonyl (C=O) groups excluding carboxylic acids is 3. The highest BCUT2D eigenvalue weighted by atomic mass is 16.6. The zero-order valence-electron chi connectivity index (χ0n) is 27.8. The molecule has 3 fully saturated rings. The van der Waals surface area contributed by atoms with Crippen LogP contribution in [0.5, 0.6) is 0 Å². The Morgan fingerprint density at radius 2 is 1.62 bits per heavy atom. The predicted molar refractivity (Wildman–Crippen MR) is 180 cm³/mol. The van der Waals surface area contributed by atoms with E-state index in [0.717, 1.165) is 61.4 Å². The van der Waals surface area contributed by atoms with Gasteiger partial charge in [-0.3, -0.25) is 14.7 Å². The Hall–Kier alpha value is -4.36. The van der Waals surface area contributed by atoms with E-state index in [9.17, 15) is 19.2 Å². The van der Waals surface area contributed by atoms with E-state index in [0.29, 0.717) is 62.7 Å². The number of piperazine rings is 1. The van der Waals surface area contributed by atoms with Crippen molar-refractivity contribution in [3.63, 3.8) is 0 Å². The van der Waals surface area contributed by atoms with Gasteiger partial charge < -0.3 is 34.1 Å². The van der Waals surface area contributed by atoms with Gasteiger partial charge in [-0.25, -0.2) is 14.4 Å². The highest BCUT2D eigenvalue weighted by Crippen LogP contribution is 2.28. The number of oxazole rings is 1. The maximum atomic E-state index is 14.1. The van der Waals surface area contributed by atoms with E-state index in [1.807, 2.05) is 47.1 Å². The number of carbonyl (C=O) groups is 3. The number of rotatable bonds is 6. The number of nitrogens with one attached hydrogen (secondary N) is 2. The number of aromatic amines is 1. The van der Waals surface area contributed by atoms with Gasteiger partial charge in [-0.1, -0.05) is 24.3 Å². The first-order chi connectivity index (χ1) is 23.2. The van der Waals surface area contributed by atoms with Gasteiger partial charge in [-0.05, 0) is 81.6 Å². The van der Waals surface area contributed by atoms with Crippen molar-refractivity contribution in [3.8, 4) is 0 Å². The molecule has 13 nitrogen and oxygen atoms in total. The molecular weight excluding hydrogens is 614 g/mol. The van der Waals surface area contributed by atoms with Gasteiger partial charge in [-0.2, -0.15) is 0 Å². The number of benzene rings is 2. The molecule has 3 saturated heterocycles. The van der Waals surface area contributed by atoms with Crippen molar-refractivity contribution >= 4 is 34.8 Å². The molecule has 4 aliphatic rings. The van der Waals surface area contributed by atoms with Crippen molar-refractivity contribution < 1.29 is 23.5 Å². The van der Waals surface area contributed by atoms with Gasteiger partial charge >= 0.3 is 17.9 Å². The average Bonchev–Trinajstić information content (AvgIpc) is 3.48. The molecule has 4 aliphatic heterocycles. The summed E-state index contributed by atoms with van der Waals surface area (Å²) in [6, 6.07) is 11.8. The standard InChI is InChI=1S/C35H45N7O6/c1-23-19-24(20-29-31(23)37-34(45)47-29)21-30(32(43)40-17-15-39(16-18-40)26-7-11-38(2)12-8-26)48-35(46)41-13-9-27(10-14-41)42-22-25-5-3-4-6-28(25)36-33(42)44/h3-6,19-20,26-27,30H,7-18,21-22H2,1-2H3,(H,36,44)(H,37,45). The van der Waals surface area contributed by atoms with Gasteiger partial charge in [0, 0.05) is 70.0 Å². The van der Waals surface area contributed by atoms with Crippen LogP contribution in [0.4, 0.5) is 15.3 Å². The summed E-state index contributed by atoms with van der Waals surface area (Å²) in [6.45, 7) is 8.16. The van der Waals surface area contributed by atoms with Gasteiger partial charge in [-0.15, -0.1) is 0 Å². The van der Waals surface area contributed by atoms with E-state index in [1.54, 1.807) is 11.0 Å². The van der Waals surface area contributed by atoms with Crippen LogP contribution in [0, 0.1) is 6.92 Å². The molecule has 0 saturated carbocycles. The Morgan fingerprint density at radius 3 is 2.38 bits per heavy atom. The number of aryl methyl sites for hydroxylation is 1. The number of aromatic nitrogens is 1. The van der Waals surface area contributed by atoms with Crippen molar-refractivity contribution in [3.05, 3.63) is 63.6 Å². The van der Waals surface area contributed by atoms with E-state index >= 15 is 0 Å². The molecule has 0 aliphatic carbocycles. The van der Waals surface area contributed by atoms with Crippen LogP contribution in [-0.4, -0.2) is 125 Å². The molecule has 1 atom stereocenters. The molecule has 5 heterocycles. The van der Waals surface area contributed by atoms with Gasteiger partial charge in [0.2, 0.25) is 0 Å². The van der Waals surface area contributed by atoms with Gasteiger partial charge in [0.25, 0.3) is 5.91 Å². The Bertz CT molecular complexity index is 1710. The first-order valence-electron chi connectivity index (χ1n) is 17.2. The van der Waals surface area contributed by atoms with Crippen LogP contribution in [0.15, 0.2) is 45.6 Å². The number of fused-ring (bicyclic) bond motifs is 2. The number of anilines is 1. The Kier molecular flexibility index (Phi) is 9.15. The van der Waals surface area contributed by atoms with Crippen molar-refractivity contribution in [2.24, 2.45) is 0 Å². The summed E-state index contributed by atoms with van der Waals surface area (Å²) in [5, 5.41) is 2.98. The predicted octanol–water partition coefficient (Wildman–Crippen LogP) is 3.23. The van der Waals surface area contributed by atoms with Gasteiger partial charge in [0.15, 0.2) is 11.7 Å². The molecule has 256 valence electrons. The van der Waals surface area contributed by atoms with Crippen molar-refractivity contribution in [2.75, 3.05) is 64.7 Å². The molecule has 0 bridgehead atoms. The molecular formula is C35H45N7O6. The fraction of sp³-hybridized carbons (Fsp3) is 0.543. The monoisotopic (exact) mass is 659 g/mol. The molecule has 1 aromatic heterocycles. The smallest absolute Gasteiger partial charge is 0.417 e. The lowest BCUT2D eigenvalue weighted by Crippen LogP contribution is -2.56. The largest absolute Gasteiger partial charge is 0.436 e. The number of likely N-dealkylation sites (tertiary alicyclic amines) is 2. The SMILES string of the molecule is Cc1cc(CC(OC(=O)N2CCC(N3Cc4ccccc4NC3=O)CC2)C(=O)N2CCN(C3CCN(C)CC3)CC2)cc2oc(=O)[nH]c12. The molecule has 3 aromatic rings. The Balaban J connectivity index is 1.02. The lowest BCUT2D eigenvalue weighted by atomic mass is 10.0. The summed E-state index contributed by atoms with van der Waals surface area (Å²) in [5.41, 5.74) is 4.48. The number of H-pyrrole nitrogens is 1. The third kappa shape index (κ3) is 6.79. The minimum Gasteiger partial charge on any atom is -0.436 e. The highest BCUT2D eigenvalue weighted by molar-refractivity contribution is 5.92. The molecule has 1 unspecified atom stereocenters. The van der Waals surface area contributed by atoms with E-state index in [4.69, 9.17) is 9.15 Å². The number of para-hydroxylation sites is 1. The number of hydrogen-bond acceptors (Lipinski definition) is 8. The van der Waals surface area contributed by atoms with Crippen LogP contribution in [-0.2, 0) is 22.5 Å². The minimum absolute atomic E-state index is 0.00796. The van der Waals surface area contributed by atoms with Gasteiger partial charge in [0.05, 0.1) is 5.52 Å². The molecule has 0 spiro atoms. The zero-order valence-corrected chi connectivity index (χ0v) is 27.8. The van der Waals surface area contributed by atoms with Crippen LogP contribution < -0.4 is 11.1 Å². The van der Waals surface area contributed by atoms with E-state index < -0.39 is 18.0 Å². The number of piperidine rings is 2.